The number of nitrogens with one attached hydrogen (secondary N) is 2. The maximum absolute atomic E-state index is 13.0. The van der Waals surface area contributed by atoms with Gasteiger partial charge < -0.3 is 10.6 Å². The van der Waals surface area contributed by atoms with E-state index in [9.17, 15) is 9.59 Å². The van der Waals surface area contributed by atoms with E-state index in [1.165, 1.54) is 22.7 Å². The first kappa shape index (κ1) is 20.4. The number of hydrogen-bond acceptors (Lipinski definition) is 4. The van der Waals surface area contributed by atoms with Crippen molar-refractivity contribution in [3.05, 3.63) is 94.7 Å². The molecule has 5 nitrogen and oxygen atoms in total. The van der Waals surface area contributed by atoms with Crippen LogP contribution in [0.4, 0.5) is 5.69 Å². The monoisotopic (exact) mass is 441 g/mol. The van der Waals surface area contributed by atoms with Gasteiger partial charge in [0.05, 0.1) is 10.7 Å². The fraction of sp³-hybridized carbons (Fsp3) is 0.192. The summed E-state index contributed by atoms with van der Waals surface area (Å²) in [6, 6.07) is 21.4. The number of carbonyl (C=O) groups is 2. The minimum atomic E-state index is -0.274. The third-order valence-electron chi connectivity index (χ3n) is 6.02. The highest BCUT2D eigenvalue weighted by Gasteiger charge is 2.22. The summed E-state index contributed by atoms with van der Waals surface area (Å²) in [6.07, 6.45) is 3.03. The van der Waals surface area contributed by atoms with Crippen molar-refractivity contribution in [2.24, 2.45) is 0 Å². The van der Waals surface area contributed by atoms with Crippen molar-refractivity contribution in [3.8, 4) is 0 Å². The molecule has 1 unspecified atom stereocenters. The Labute approximate surface area is 190 Å². The third kappa shape index (κ3) is 3.89. The maximum Gasteiger partial charge on any atom is 0.276 e. The van der Waals surface area contributed by atoms with Gasteiger partial charge >= 0.3 is 0 Å². The predicted molar refractivity (Wildman–Crippen MR) is 128 cm³/mol. The van der Waals surface area contributed by atoms with Crippen LogP contribution in [-0.2, 0) is 6.42 Å². The van der Waals surface area contributed by atoms with Gasteiger partial charge in [0.2, 0.25) is 0 Å². The molecule has 1 heterocycles. The van der Waals surface area contributed by atoms with Gasteiger partial charge in [-0.15, -0.1) is 0 Å². The third-order valence-corrected chi connectivity index (χ3v) is 6.84. The number of hydrogen-bond donors (Lipinski definition) is 2. The van der Waals surface area contributed by atoms with Crippen molar-refractivity contribution in [1.29, 1.82) is 0 Å². The zero-order chi connectivity index (χ0) is 22.1. The number of benzene rings is 3. The number of fused-ring (bicyclic) bond motifs is 2. The van der Waals surface area contributed by atoms with Crippen LogP contribution < -0.4 is 10.6 Å². The van der Waals surface area contributed by atoms with Crippen LogP contribution in [0.5, 0.6) is 0 Å². The van der Waals surface area contributed by atoms with E-state index < -0.39 is 0 Å². The first-order valence-electron chi connectivity index (χ1n) is 10.8. The molecule has 2 amide bonds. The van der Waals surface area contributed by atoms with Gasteiger partial charge in [-0.2, -0.15) is 4.37 Å². The van der Waals surface area contributed by atoms with E-state index >= 15 is 0 Å². The average molecular weight is 442 g/mol. The summed E-state index contributed by atoms with van der Waals surface area (Å²) in [5.74, 6) is -0.411. The van der Waals surface area contributed by atoms with Crippen LogP contribution in [0.2, 0.25) is 0 Å². The largest absolute Gasteiger partial charge is 0.345 e. The Balaban J connectivity index is 1.36. The van der Waals surface area contributed by atoms with E-state index in [-0.39, 0.29) is 17.9 Å². The fourth-order valence-electron chi connectivity index (χ4n) is 4.27. The molecule has 1 atom stereocenters. The summed E-state index contributed by atoms with van der Waals surface area (Å²) in [5.41, 5.74) is 4.93. The van der Waals surface area contributed by atoms with E-state index in [2.05, 4.69) is 27.1 Å². The van der Waals surface area contributed by atoms with Crippen LogP contribution in [0.15, 0.2) is 66.7 Å². The van der Waals surface area contributed by atoms with Gasteiger partial charge in [0, 0.05) is 16.6 Å². The van der Waals surface area contributed by atoms with Crippen LogP contribution >= 0.6 is 11.5 Å². The van der Waals surface area contributed by atoms with Crippen LogP contribution in [0.25, 0.3) is 10.1 Å². The molecular weight excluding hydrogens is 418 g/mol. The molecule has 32 heavy (non-hydrogen) atoms. The predicted octanol–water partition coefficient (Wildman–Crippen LogP) is 5.66. The molecule has 1 aromatic heterocycles. The van der Waals surface area contributed by atoms with Crippen LogP contribution in [-0.4, -0.2) is 16.2 Å². The molecule has 0 saturated heterocycles. The molecule has 0 fully saturated rings. The second kappa shape index (κ2) is 8.55. The first-order chi connectivity index (χ1) is 15.6. The van der Waals surface area contributed by atoms with Crippen molar-refractivity contribution >= 4 is 39.1 Å². The zero-order valence-electron chi connectivity index (χ0n) is 17.7. The number of amides is 2. The van der Waals surface area contributed by atoms with E-state index in [4.69, 9.17) is 0 Å². The Morgan fingerprint density at radius 2 is 1.81 bits per heavy atom. The van der Waals surface area contributed by atoms with Gasteiger partial charge in [-0.3, -0.25) is 9.59 Å². The number of aromatic nitrogens is 1. The molecule has 160 valence electrons. The lowest BCUT2D eigenvalue weighted by Crippen LogP contribution is -2.31. The van der Waals surface area contributed by atoms with E-state index in [0.717, 1.165) is 34.9 Å². The molecule has 2 N–H and O–H groups in total. The molecular formula is C26H23N3O2S. The minimum Gasteiger partial charge on any atom is -0.345 e. The highest BCUT2D eigenvalue weighted by molar-refractivity contribution is 7.13. The van der Waals surface area contributed by atoms with Crippen LogP contribution in [0.3, 0.4) is 0 Å². The fourth-order valence-corrected chi connectivity index (χ4v) is 5.05. The van der Waals surface area contributed by atoms with E-state index in [1.807, 2.05) is 49.4 Å². The molecule has 5 rings (SSSR count). The summed E-state index contributed by atoms with van der Waals surface area (Å²) >= 11 is 1.30. The highest BCUT2D eigenvalue weighted by atomic mass is 32.1. The molecule has 0 saturated carbocycles. The molecule has 0 spiro atoms. The smallest absolute Gasteiger partial charge is 0.276 e. The van der Waals surface area contributed by atoms with Crippen LogP contribution in [0, 0.1) is 6.92 Å². The molecule has 0 radical (unpaired) electrons. The normalized spacial score (nSPS) is 15.2. The Morgan fingerprint density at radius 3 is 2.72 bits per heavy atom. The van der Waals surface area contributed by atoms with Gasteiger partial charge in [0.25, 0.3) is 11.8 Å². The summed E-state index contributed by atoms with van der Waals surface area (Å²) in [4.78, 5) is 26.0. The van der Waals surface area contributed by atoms with Crippen molar-refractivity contribution in [2.45, 2.75) is 32.2 Å². The van der Waals surface area contributed by atoms with Crippen molar-refractivity contribution in [1.82, 2.24) is 9.69 Å². The number of carbonyl (C=O) groups excluding carboxylic acids is 2. The standard InChI is InChI=1S/C26H23N3O2S/c1-16-13-14-18(25(30)27-21-11-6-8-17-7-2-3-9-19(17)21)15-22(16)28-26(31)24-20-10-4-5-12-23(20)32-29-24/h2-5,7,9-10,12-15,21H,6,8,11H2,1H3,(H,27,30)(H,28,31). The quantitative estimate of drug-likeness (QED) is 0.429. The molecule has 0 aliphatic heterocycles. The Morgan fingerprint density at radius 1 is 1.00 bits per heavy atom. The van der Waals surface area contributed by atoms with Crippen molar-refractivity contribution < 1.29 is 9.59 Å². The SMILES string of the molecule is Cc1ccc(C(=O)NC2CCCc3ccccc32)cc1NC(=O)c1nsc2ccccc12. The van der Waals surface area contributed by atoms with Crippen LogP contribution in [0.1, 0.15) is 56.4 Å². The summed E-state index contributed by atoms with van der Waals surface area (Å²) in [6.45, 7) is 1.91. The van der Waals surface area contributed by atoms with E-state index in [0.29, 0.717) is 16.9 Å². The lowest BCUT2D eigenvalue weighted by atomic mass is 9.87. The number of nitrogens with zero attached hydrogens (tertiary/aromatic N) is 1. The summed E-state index contributed by atoms with van der Waals surface area (Å²) in [7, 11) is 0. The average Bonchev–Trinajstić information content (AvgIpc) is 3.25. The second-order valence-corrected chi connectivity index (χ2v) is 8.93. The molecule has 0 bridgehead atoms. The summed E-state index contributed by atoms with van der Waals surface area (Å²) < 4.78 is 5.30. The Bertz CT molecular complexity index is 1330. The lowest BCUT2D eigenvalue weighted by molar-refractivity contribution is 0.0931. The molecule has 4 aromatic rings. The maximum atomic E-state index is 13.0. The van der Waals surface area contributed by atoms with Gasteiger partial charge in [-0.25, -0.2) is 0 Å². The Hall–Kier alpha value is -3.51. The lowest BCUT2D eigenvalue weighted by Gasteiger charge is -2.26. The minimum absolute atomic E-state index is 0.00756. The van der Waals surface area contributed by atoms with Crippen molar-refractivity contribution in [3.63, 3.8) is 0 Å². The topological polar surface area (TPSA) is 71.1 Å². The molecule has 6 heteroatoms. The Kier molecular flexibility index (Phi) is 5.45. The van der Waals surface area contributed by atoms with Gasteiger partial charge in [0.1, 0.15) is 5.69 Å². The first-order valence-corrected chi connectivity index (χ1v) is 11.5. The number of aryl methyl sites for hydroxylation is 2. The summed E-state index contributed by atoms with van der Waals surface area (Å²) in [5, 5.41) is 6.96. The van der Waals surface area contributed by atoms with Gasteiger partial charge in [0.15, 0.2) is 0 Å². The van der Waals surface area contributed by atoms with E-state index in [1.54, 1.807) is 12.1 Å². The molecule has 1 aliphatic carbocycles. The second-order valence-electron chi connectivity index (χ2n) is 8.13. The van der Waals surface area contributed by atoms with Crippen molar-refractivity contribution in [2.75, 3.05) is 5.32 Å². The van der Waals surface area contributed by atoms with Gasteiger partial charge in [-0.05, 0) is 72.6 Å². The molecule has 3 aromatic carbocycles. The number of rotatable bonds is 4. The highest BCUT2D eigenvalue weighted by Crippen LogP contribution is 2.30. The van der Waals surface area contributed by atoms with Gasteiger partial charge in [-0.1, -0.05) is 48.5 Å². The molecule has 1 aliphatic rings. The number of anilines is 1. The zero-order valence-corrected chi connectivity index (χ0v) is 18.5.